The second-order valence-electron chi connectivity index (χ2n) is 2.51. The largest absolute Gasteiger partial charge is 0.488 e. The van der Waals surface area contributed by atoms with Gasteiger partial charge in [-0.2, -0.15) is 0 Å². The molecule has 0 heterocycles. The first kappa shape index (κ1) is 9.87. The lowest BCUT2D eigenvalue weighted by molar-refractivity contribution is 0.426. The molecule has 2 nitrogen and oxygen atoms in total. The highest BCUT2D eigenvalue weighted by Gasteiger charge is 2.13. The first-order valence-corrected chi connectivity index (χ1v) is 4.09. The number of halogens is 2. The van der Waals surface area contributed by atoms with Crippen molar-refractivity contribution in [2.24, 2.45) is 0 Å². The Balaban J connectivity index is 3.21. The molecule has 1 aromatic carbocycles. The quantitative estimate of drug-likeness (QED) is 0.670. The van der Waals surface area contributed by atoms with Gasteiger partial charge in [-0.1, -0.05) is 29.3 Å². The summed E-state index contributed by atoms with van der Waals surface area (Å²) in [6.45, 7) is 1.75. The molecule has 0 aliphatic heterocycles. The molecule has 0 saturated carbocycles. The van der Waals surface area contributed by atoms with Crippen LogP contribution in [0.25, 0.3) is 0 Å². The molecule has 1 aromatic rings. The predicted molar refractivity (Wildman–Crippen MR) is 51.0 cm³/mol. The summed E-state index contributed by atoms with van der Waals surface area (Å²) < 4.78 is 0. The molecular weight excluding hydrogens is 198 g/mol. The molecule has 0 saturated heterocycles. The number of hydrogen-bond donors (Lipinski definition) is 2. The van der Waals surface area contributed by atoms with Crippen LogP contribution < -0.4 is 5.46 Å². The van der Waals surface area contributed by atoms with Gasteiger partial charge in [-0.3, -0.25) is 0 Å². The maximum absolute atomic E-state index is 8.82. The van der Waals surface area contributed by atoms with Crippen molar-refractivity contribution >= 4 is 35.8 Å². The second-order valence-corrected chi connectivity index (χ2v) is 3.29. The molecular formula is C7H7BCl2O2. The zero-order valence-corrected chi connectivity index (χ0v) is 7.89. The van der Waals surface area contributed by atoms with E-state index in [1.165, 1.54) is 6.07 Å². The Morgan fingerprint density at radius 1 is 1.25 bits per heavy atom. The fourth-order valence-corrected chi connectivity index (χ4v) is 1.29. The molecule has 0 unspecified atom stereocenters. The van der Waals surface area contributed by atoms with E-state index in [1.54, 1.807) is 13.0 Å². The van der Waals surface area contributed by atoms with Gasteiger partial charge in [0.25, 0.3) is 0 Å². The van der Waals surface area contributed by atoms with Gasteiger partial charge >= 0.3 is 7.12 Å². The van der Waals surface area contributed by atoms with Gasteiger partial charge in [0.15, 0.2) is 0 Å². The molecule has 0 fully saturated rings. The molecule has 64 valence electrons. The third-order valence-corrected chi connectivity index (χ3v) is 2.43. The molecule has 0 aliphatic rings. The van der Waals surface area contributed by atoms with Crippen molar-refractivity contribution in [3.05, 3.63) is 27.7 Å². The molecule has 2 N–H and O–H groups in total. The van der Waals surface area contributed by atoms with Gasteiger partial charge in [0, 0.05) is 0 Å². The van der Waals surface area contributed by atoms with Crippen LogP contribution in [0.15, 0.2) is 12.1 Å². The van der Waals surface area contributed by atoms with Crippen LogP contribution >= 0.6 is 23.2 Å². The Kier molecular flexibility index (Phi) is 3.01. The van der Waals surface area contributed by atoms with Gasteiger partial charge in [-0.15, -0.1) is 0 Å². The maximum atomic E-state index is 8.82. The summed E-state index contributed by atoms with van der Waals surface area (Å²) in [7, 11) is -1.50. The molecule has 0 spiro atoms. The average Bonchev–Trinajstić information content (AvgIpc) is 1.99. The predicted octanol–water partition coefficient (Wildman–Crippen LogP) is 0.982. The Morgan fingerprint density at radius 2 is 1.83 bits per heavy atom. The first-order valence-electron chi connectivity index (χ1n) is 3.34. The van der Waals surface area contributed by atoms with E-state index in [2.05, 4.69) is 0 Å². The van der Waals surface area contributed by atoms with Crippen molar-refractivity contribution in [3.8, 4) is 0 Å². The van der Waals surface area contributed by atoms with Gasteiger partial charge < -0.3 is 10.0 Å². The zero-order chi connectivity index (χ0) is 9.30. The van der Waals surface area contributed by atoms with Crippen LogP contribution in [-0.2, 0) is 0 Å². The van der Waals surface area contributed by atoms with E-state index in [1.807, 2.05) is 0 Å². The van der Waals surface area contributed by atoms with Crippen molar-refractivity contribution in [2.45, 2.75) is 6.92 Å². The molecule has 0 aliphatic carbocycles. The van der Waals surface area contributed by atoms with Crippen LogP contribution in [0.5, 0.6) is 0 Å². The Hall–Kier alpha value is -0.215. The van der Waals surface area contributed by atoms with Crippen molar-refractivity contribution in [2.75, 3.05) is 0 Å². The Labute approximate surface area is 80.9 Å². The lowest BCUT2D eigenvalue weighted by Crippen LogP contribution is -2.30. The zero-order valence-electron chi connectivity index (χ0n) is 6.38. The molecule has 5 heteroatoms. The third kappa shape index (κ3) is 1.93. The SMILES string of the molecule is Cc1cc(B(O)O)cc(Cl)c1Cl. The van der Waals surface area contributed by atoms with Crippen LogP contribution in [0, 0.1) is 6.92 Å². The van der Waals surface area contributed by atoms with E-state index in [0.29, 0.717) is 15.5 Å². The van der Waals surface area contributed by atoms with Crippen LogP contribution in [-0.4, -0.2) is 17.2 Å². The molecule has 0 atom stereocenters. The van der Waals surface area contributed by atoms with Crippen molar-refractivity contribution in [1.82, 2.24) is 0 Å². The monoisotopic (exact) mass is 204 g/mol. The number of aryl methyl sites for hydroxylation is 1. The highest BCUT2D eigenvalue weighted by atomic mass is 35.5. The van der Waals surface area contributed by atoms with Crippen LogP contribution in [0.3, 0.4) is 0 Å². The third-order valence-electron chi connectivity index (χ3n) is 1.53. The van der Waals surface area contributed by atoms with E-state index >= 15 is 0 Å². The molecule has 0 aromatic heterocycles. The first-order chi connectivity index (χ1) is 5.52. The number of rotatable bonds is 1. The van der Waals surface area contributed by atoms with Crippen molar-refractivity contribution < 1.29 is 10.0 Å². The minimum absolute atomic E-state index is 0.333. The molecule has 0 amide bonds. The van der Waals surface area contributed by atoms with E-state index in [0.717, 1.165) is 5.56 Å². The van der Waals surface area contributed by atoms with Crippen molar-refractivity contribution in [1.29, 1.82) is 0 Å². The average molecular weight is 205 g/mol. The minimum atomic E-state index is -1.50. The fourth-order valence-electron chi connectivity index (χ4n) is 0.902. The highest BCUT2D eigenvalue weighted by Crippen LogP contribution is 2.23. The fraction of sp³-hybridized carbons (Fsp3) is 0.143. The van der Waals surface area contributed by atoms with Crippen LogP contribution in [0.2, 0.25) is 10.0 Å². The van der Waals surface area contributed by atoms with Crippen LogP contribution in [0.1, 0.15) is 5.56 Å². The summed E-state index contributed by atoms with van der Waals surface area (Å²) in [6.07, 6.45) is 0. The van der Waals surface area contributed by atoms with Gasteiger partial charge in [-0.25, -0.2) is 0 Å². The van der Waals surface area contributed by atoms with Gasteiger partial charge in [0.2, 0.25) is 0 Å². The minimum Gasteiger partial charge on any atom is -0.423 e. The van der Waals surface area contributed by atoms with Crippen LogP contribution in [0.4, 0.5) is 0 Å². The summed E-state index contributed by atoms with van der Waals surface area (Å²) in [6, 6.07) is 3.01. The molecule has 0 bridgehead atoms. The Morgan fingerprint density at radius 3 is 2.25 bits per heavy atom. The van der Waals surface area contributed by atoms with E-state index in [4.69, 9.17) is 33.2 Å². The molecule has 1 rings (SSSR count). The van der Waals surface area contributed by atoms with Gasteiger partial charge in [-0.05, 0) is 24.0 Å². The van der Waals surface area contributed by atoms with E-state index in [-0.39, 0.29) is 0 Å². The smallest absolute Gasteiger partial charge is 0.423 e. The number of hydrogen-bond acceptors (Lipinski definition) is 2. The topological polar surface area (TPSA) is 40.5 Å². The lowest BCUT2D eigenvalue weighted by atomic mass is 9.80. The second kappa shape index (κ2) is 3.67. The maximum Gasteiger partial charge on any atom is 0.488 e. The molecule has 0 radical (unpaired) electrons. The summed E-state index contributed by atoms with van der Waals surface area (Å²) in [5.74, 6) is 0. The van der Waals surface area contributed by atoms with E-state index in [9.17, 15) is 0 Å². The summed E-state index contributed by atoms with van der Waals surface area (Å²) in [4.78, 5) is 0. The van der Waals surface area contributed by atoms with Crippen molar-refractivity contribution in [3.63, 3.8) is 0 Å². The standard InChI is InChI=1S/C7H7BCl2O2/c1-4-2-5(8(11)12)3-6(9)7(4)10/h2-3,11-12H,1H3. The lowest BCUT2D eigenvalue weighted by Gasteiger charge is -2.04. The summed E-state index contributed by atoms with van der Waals surface area (Å²) >= 11 is 11.5. The summed E-state index contributed by atoms with van der Waals surface area (Å²) in [5, 5.41) is 18.4. The molecule has 12 heavy (non-hydrogen) atoms. The summed E-state index contributed by atoms with van der Waals surface area (Å²) in [5.41, 5.74) is 1.08. The van der Waals surface area contributed by atoms with Gasteiger partial charge in [0.05, 0.1) is 10.0 Å². The van der Waals surface area contributed by atoms with E-state index < -0.39 is 7.12 Å². The normalized spacial score (nSPS) is 10.1. The number of benzene rings is 1. The van der Waals surface area contributed by atoms with Gasteiger partial charge in [0.1, 0.15) is 0 Å². The highest BCUT2D eigenvalue weighted by molar-refractivity contribution is 6.59. The Bertz CT molecular complexity index is 278.